The lowest BCUT2D eigenvalue weighted by Gasteiger charge is -2.23. The second kappa shape index (κ2) is 7.10. The van der Waals surface area contributed by atoms with Crippen molar-refractivity contribution in [3.05, 3.63) is 34.9 Å². The van der Waals surface area contributed by atoms with Crippen LogP contribution in [-0.2, 0) is 16.1 Å². The SMILES string of the molecule is CC(C)CN1C(=O)C(=O)N(CN(C)Cc2ccc(Cl)cc2)C1=O. The highest BCUT2D eigenvalue weighted by Gasteiger charge is 2.44. The second-order valence-electron chi connectivity index (χ2n) is 6.11. The molecule has 1 aromatic carbocycles. The number of hydrogen-bond acceptors (Lipinski definition) is 4. The maximum absolute atomic E-state index is 12.3. The minimum absolute atomic E-state index is 0.0701. The van der Waals surface area contributed by atoms with Crippen LogP contribution in [0.2, 0.25) is 5.02 Å². The summed E-state index contributed by atoms with van der Waals surface area (Å²) >= 11 is 5.84. The van der Waals surface area contributed by atoms with E-state index in [1.54, 1.807) is 24.1 Å². The quantitative estimate of drug-likeness (QED) is 0.589. The van der Waals surface area contributed by atoms with Crippen LogP contribution in [0, 0.1) is 5.92 Å². The number of carbonyl (C=O) groups excluding carboxylic acids is 3. The summed E-state index contributed by atoms with van der Waals surface area (Å²) in [5.74, 6) is -1.40. The van der Waals surface area contributed by atoms with Gasteiger partial charge in [0.25, 0.3) is 0 Å². The molecule has 1 fully saturated rings. The molecule has 0 bridgehead atoms. The molecule has 4 amide bonds. The summed E-state index contributed by atoms with van der Waals surface area (Å²) in [6, 6.07) is 6.78. The molecule has 1 saturated heterocycles. The van der Waals surface area contributed by atoms with E-state index in [0.29, 0.717) is 11.6 Å². The molecule has 0 aromatic heterocycles. The van der Waals surface area contributed by atoms with Gasteiger partial charge in [-0.3, -0.25) is 19.4 Å². The van der Waals surface area contributed by atoms with E-state index in [1.807, 2.05) is 26.0 Å². The van der Waals surface area contributed by atoms with Crippen LogP contribution >= 0.6 is 11.6 Å². The summed E-state index contributed by atoms with van der Waals surface area (Å²) in [5, 5.41) is 0.649. The van der Waals surface area contributed by atoms with Gasteiger partial charge in [-0.25, -0.2) is 9.69 Å². The molecule has 1 heterocycles. The standard InChI is InChI=1S/C16H20ClN3O3/c1-11(2)8-19-14(21)15(22)20(16(19)23)10-18(3)9-12-4-6-13(17)7-5-12/h4-7,11H,8-10H2,1-3H3. The molecule has 7 heteroatoms. The molecule has 0 N–H and O–H groups in total. The maximum Gasteiger partial charge on any atom is 0.335 e. The third-order valence-corrected chi connectivity index (χ3v) is 3.68. The van der Waals surface area contributed by atoms with Gasteiger partial charge in [0.2, 0.25) is 0 Å². The van der Waals surface area contributed by atoms with Crippen molar-refractivity contribution < 1.29 is 14.4 Å². The average Bonchev–Trinajstić information content (AvgIpc) is 2.67. The lowest BCUT2D eigenvalue weighted by atomic mass is 10.2. The largest absolute Gasteiger partial charge is 0.335 e. The van der Waals surface area contributed by atoms with E-state index in [1.165, 1.54) is 0 Å². The van der Waals surface area contributed by atoms with E-state index < -0.39 is 17.8 Å². The predicted octanol–water partition coefficient (Wildman–Crippen LogP) is 2.18. The zero-order chi connectivity index (χ0) is 17.1. The number of nitrogens with zero attached hydrogens (tertiary/aromatic N) is 3. The lowest BCUT2D eigenvalue weighted by Crippen LogP contribution is -2.41. The zero-order valence-corrected chi connectivity index (χ0v) is 14.2. The van der Waals surface area contributed by atoms with Crippen LogP contribution in [0.15, 0.2) is 24.3 Å². The maximum atomic E-state index is 12.3. The summed E-state index contributed by atoms with van der Waals surface area (Å²) in [7, 11) is 1.78. The molecule has 1 aromatic rings. The molecule has 0 spiro atoms. The minimum atomic E-state index is -0.765. The molecular weight excluding hydrogens is 318 g/mol. The molecule has 0 atom stereocenters. The molecule has 0 saturated carbocycles. The molecule has 6 nitrogen and oxygen atoms in total. The number of amides is 4. The molecule has 23 heavy (non-hydrogen) atoms. The Morgan fingerprint density at radius 3 is 2.17 bits per heavy atom. The van der Waals surface area contributed by atoms with Crippen LogP contribution in [0.4, 0.5) is 4.79 Å². The molecule has 0 radical (unpaired) electrons. The summed E-state index contributed by atoms with van der Waals surface area (Å²) in [6.07, 6.45) is 0. The van der Waals surface area contributed by atoms with E-state index in [-0.39, 0.29) is 19.1 Å². The van der Waals surface area contributed by atoms with Crippen LogP contribution in [0.25, 0.3) is 0 Å². The van der Waals surface area contributed by atoms with E-state index in [0.717, 1.165) is 15.4 Å². The number of hydrogen-bond donors (Lipinski definition) is 0. The predicted molar refractivity (Wildman–Crippen MR) is 86.6 cm³/mol. The fourth-order valence-corrected chi connectivity index (χ4v) is 2.52. The van der Waals surface area contributed by atoms with Crippen molar-refractivity contribution in [2.24, 2.45) is 5.92 Å². The minimum Gasteiger partial charge on any atom is -0.284 e. The summed E-state index contributed by atoms with van der Waals surface area (Å²) in [5.41, 5.74) is 1.00. The monoisotopic (exact) mass is 337 g/mol. The highest BCUT2D eigenvalue weighted by atomic mass is 35.5. The van der Waals surface area contributed by atoms with E-state index in [2.05, 4.69) is 0 Å². The van der Waals surface area contributed by atoms with Crippen LogP contribution in [0.5, 0.6) is 0 Å². The number of benzene rings is 1. The van der Waals surface area contributed by atoms with E-state index in [9.17, 15) is 14.4 Å². The summed E-state index contributed by atoms with van der Waals surface area (Å²) < 4.78 is 0. The average molecular weight is 338 g/mol. The number of rotatable bonds is 6. The van der Waals surface area contributed by atoms with Gasteiger partial charge < -0.3 is 0 Å². The molecule has 1 aliphatic rings. The van der Waals surface area contributed by atoms with Gasteiger partial charge in [-0.05, 0) is 30.7 Å². The fourth-order valence-electron chi connectivity index (χ4n) is 2.39. The van der Waals surface area contributed by atoms with Crippen molar-refractivity contribution in [2.75, 3.05) is 20.3 Å². The first-order valence-corrected chi connectivity index (χ1v) is 7.77. The van der Waals surface area contributed by atoms with Crippen molar-refractivity contribution in [1.29, 1.82) is 0 Å². The van der Waals surface area contributed by atoms with Crippen molar-refractivity contribution in [1.82, 2.24) is 14.7 Å². The summed E-state index contributed by atoms with van der Waals surface area (Å²) in [4.78, 5) is 40.0. The van der Waals surface area contributed by atoms with Gasteiger partial charge >= 0.3 is 17.8 Å². The highest BCUT2D eigenvalue weighted by Crippen LogP contribution is 2.16. The number of imide groups is 2. The Labute approximate surface area is 140 Å². The van der Waals surface area contributed by atoms with Gasteiger partial charge in [-0.2, -0.15) is 0 Å². The van der Waals surface area contributed by atoms with Gasteiger partial charge in [0, 0.05) is 18.1 Å². The lowest BCUT2D eigenvalue weighted by molar-refractivity contribution is -0.144. The number of urea groups is 1. The van der Waals surface area contributed by atoms with Crippen LogP contribution in [0.3, 0.4) is 0 Å². The Balaban J connectivity index is 2.01. The van der Waals surface area contributed by atoms with Gasteiger partial charge in [0.15, 0.2) is 0 Å². The summed E-state index contributed by atoms with van der Waals surface area (Å²) in [6.45, 7) is 4.63. The normalized spacial score (nSPS) is 15.5. The van der Waals surface area contributed by atoms with Gasteiger partial charge in [-0.1, -0.05) is 37.6 Å². The van der Waals surface area contributed by atoms with Gasteiger partial charge in [-0.15, -0.1) is 0 Å². The zero-order valence-electron chi connectivity index (χ0n) is 13.5. The third kappa shape index (κ3) is 4.09. The van der Waals surface area contributed by atoms with E-state index >= 15 is 0 Å². The molecule has 2 rings (SSSR count). The fraction of sp³-hybridized carbons (Fsp3) is 0.438. The molecule has 124 valence electrons. The van der Waals surface area contributed by atoms with Crippen LogP contribution in [0.1, 0.15) is 19.4 Å². The van der Waals surface area contributed by atoms with Crippen molar-refractivity contribution in [3.63, 3.8) is 0 Å². The first kappa shape index (κ1) is 17.4. The van der Waals surface area contributed by atoms with Crippen molar-refractivity contribution in [3.8, 4) is 0 Å². The molecule has 0 aliphatic carbocycles. The second-order valence-corrected chi connectivity index (χ2v) is 6.54. The Kier molecular flexibility index (Phi) is 5.38. The number of halogens is 1. The third-order valence-electron chi connectivity index (χ3n) is 3.43. The highest BCUT2D eigenvalue weighted by molar-refractivity contribution is 6.44. The Hall–Kier alpha value is -1.92. The Morgan fingerprint density at radius 1 is 1.04 bits per heavy atom. The topological polar surface area (TPSA) is 60.9 Å². The molecular formula is C16H20ClN3O3. The van der Waals surface area contributed by atoms with Crippen LogP contribution in [-0.4, -0.2) is 52.8 Å². The van der Waals surface area contributed by atoms with Crippen LogP contribution < -0.4 is 0 Å². The molecule has 1 aliphatic heterocycles. The first-order valence-electron chi connectivity index (χ1n) is 7.40. The smallest absolute Gasteiger partial charge is 0.284 e. The molecule has 0 unspecified atom stereocenters. The Bertz CT molecular complexity index is 616. The number of carbonyl (C=O) groups is 3. The van der Waals surface area contributed by atoms with Gasteiger partial charge in [0.1, 0.15) is 0 Å². The Morgan fingerprint density at radius 2 is 1.61 bits per heavy atom. The van der Waals surface area contributed by atoms with E-state index in [4.69, 9.17) is 11.6 Å². The van der Waals surface area contributed by atoms with Crippen molar-refractivity contribution in [2.45, 2.75) is 20.4 Å². The first-order chi connectivity index (χ1) is 10.8. The van der Waals surface area contributed by atoms with Gasteiger partial charge in [0.05, 0.1) is 6.67 Å². The van der Waals surface area contributed by atoms with Crippen molar-refractivity contribution >= 4 is 29.4 Å².